The van der Waals surface area contributed by atoms with Gasteiger partial charge in [0, 0.05) is 7.11 Å². The Morgan fingerprint density at radius 1 is 1.08 bits per heavy atom. The van der Waals surface area contributed by atoms with E-state index in [0.29, 0.717) is 0 Å². The van der Waals surface area contributed by atoms with Gasteiger partial charge in [-0.2, -0.15) is 0 Å². The molecule has 1 rings (SSSR count). The highest BCUT2D eigenvalue weighted by atomic mass is 16.7. The maximum atomic E-state index is 9.27. The number of hydrogen-bond acceptors (Lipinski definition) is 5. The predicted octanol–water partition coefficient (Wildman–Crippen LogP) is -1.54. The average Bonchev–Trinajstić information content (AvgIpc) is 2.08. The zero-order valence-electron chi connectivity index (χ0n) is 7.04. The first-order chi connectivity index (χ1) is 5.57. The SMILES string of the molecule is COC1OC(C)[C@@H](O)[C@H](O)C1O. The van der Waals surface area contributed by atoms with Gasteiger partial charge in [0.1, 0.15) is 18.3 Å². The van der Waals surface area contributed by atoms with Crippen LogP contribution in [0.2, 0.25) is 0 Å². The molecular weight excluding hydrogens is 164 g/mol. The van der Waals surface area contributed by atoms with E-state index in [1.165, 1.54) is 7.11 Å². The first kappa shape index (κ1) is 9.88. The maximum absolute atomic E-state index is 9.27. The van der Waals surface area contributed by atoms with Gasteiger partial charge >= 0.3 is 0 Å². The molecule has 0 aromatic heterocycles. The van der Waals surface area contributed by atoms with Crippen molar-refractivity contribution in [2.45, 2.75) is 37.6 Å². The Hall–Kier alpha value is -0.200. The van der Waals surface area contributed by atoms with Gasteiger partial charge in [0.25, 0.3) is 0 Å². The Balaban J connectivity index is 2.63. The second-order valence-corrected chi connectivity index (χ2v) is 2.92. The highest BCUT2D eigenvalue weighted by Crippen LogP contribution is 2.20. The van der Waals surface area contributed by atoms with Crippen LogP contribution in [0.4, 0.5) is 0 Å². The molecule has 0 aliphatic carbocycles. The van der Waals surface area contributed by atoms with Gasteiger partial charge in [0.05, 0.1) is 6.10 Å². The van der Waals surface area contributed by atoms with Gasteiger partial charge in [-0.15, -0.1) is 0 Å². The van der Waals surface area contributed by atoms with E-state index in [1.807, 2.05) is 0 Å². The van der Waals surface area contributed by atoms with Crippen LogP contribution in [0.1, 0.15) is 6.92 Å². The summed E-state index contributed by atoms with van der Waals surface area (Å²) >= 11 is 0. The van der Waals surface area contributed by atoms with Gasteiger partial charge in [-0.25, -0.2) is 0 Å². The van der Waals surface area contributed by atoms with E-state index in [0.717, 1.165) is 0 Å². The van der Waals surface area contributed by atoms with E-state index in [-0.39, 0.29) is 0 Å². The summed E-state index contributed by atoms with van der Waals surface area (Å²) in [6, 6.07) is 0. The highest BCUT2D eigenvalue weighted by Gasteiger charge is 2.41. The smallest absolute Gasteiger partial charge is 0.186 e. The third-order valence-corrected chi connectivity index (χ3v) is 2.04. The van der Waals surface area contributed by atoms with Gasteiger partial charge in [-0.1, -0.05) is 0 Å². The Kier molecular flexibility index (Phi) is 3.03. The third-order valence-electron chi connectivity index (χ3n) is 2.04. The fourth-order valence-electron chi connectivity index (χ4n) is 1.21. The molecule has 3 N–H and O–H groups in total. The molecule has 5 nitrogen and oxygen atoms in total. The van der Waals surface area contributed by atoms with Crippen LogP contribution in [-0.4, -0.2) is 53.1 Å². The lowest BCUT2D eigenvalue weighted by atomic mass is 10.0. The van der Waals surface area contributed by atoms with Crippen LogP contribution in [0.5, 0.6) is 0 Å². The largest absolute Gasteiger partial charge is 0.388 e. The van der Waals surface area contributed by atoms with E-state index in [4.69, 9.17) is 9.47 Å². The highest BCUT2D eigenvalue weighted by molar-refractivity contribution is 4.86. The van der Waals surface area contributed by atoms with Gasteiger partial charge in [-0.05, 0) is 6.92 Å². The lowest BCUT2D eigenvalue weighted by Crippen LogP contribution is -2.57. The second-order valence-electron chi connectivity index (χ2n) is 2.92. The number of hydrogen-bond donors (Lipinski definition) is 3. The van der Waals surface area contributed by atoms with Crippen LogP contribution in [0.15, 0.2) is 0 Å². The van der Waals surface area contributed by atoms with E-state index in [2.05, 4.69) is 0 Å². The van der Waals surface area contributed by atoms with Crippen molar-refractivity contribution < 1.29 is 24.8 Å². The first-order valence-corrected chi connectivity index (χ1v) is 3.80. The zero-order chi connectivity index (χ0) is 9.30. The molecule has 0 spiro atoms. The van der Waals surface area contributed by atoms with Crippen LogP contribution in [-0.2, 0) is 9.47 Å². The minimum Gasteiger partial charge on any atom is -0.388 e. The quantitative estimate of drug-likeness (QED) is 0.453. The van der Waals surface area contributed by atoms with Crippen molar-refractivity contribution >= 4 is 0 Å². The minimum atomic E-state index is -1.21. The van der Waals surface area contributed by atoms with Crippen molar-refractivity contribution in [2.24, 2.45) is 0 Å². The van der Waals surface area contributed by atoms with Crippen molar-refractivity contribution in [3.63, 3.8) is 0 Å². The second kappa shape index (κ2) is 3.68. The molecule has 0 saturated carbocycles. The maximum Gasteiger partial charge on any atom is 0.186 e. The van der Waals surface area contributed by atoms with Crippen molar-refractivity contribution in [1.82, 2.24) is 0 Å². The van der Waals surface area contributed by atoms with Gasteiger partial charge < -0.3 is 24.8 Å². The van der Waals surface area contributed by atoms with Gasteiger partial charge in [0.2, 0.25) is 0 Å². The molecule has 1 heterocycles. The Bertz CT molecular complexity index is 146. The molecule has 0 bridgehead atoms. The predicted molar refractivity (Wildman–Crippen MR) is 39.4 cm³/mol. The molecule has 0 radical (unpaired) electrons. The number of ether oxygens (including phenoxy) is 2. The van der Waals surface area contributed by atoms with Crippen LogP contribution in [0.3, 0.4) is 0 Å². The number of aliphatic hydroxyl groups is 3. The molecule has 0 amide bonds. The summed E-state index contributed by atoms with van der Waals surface area (Å²) in [4.78, 5) is 0. The molecule has 5 atom stereocenters. The molecule has 1 aliphatic rings. The summed E-state index contributed by atoms with van der Waals surface area (Å²) in [7, 11) is 1.37. The summed E-state index contributed by atoms with van der Waals surface area (Å²) in [5.41, 5.74) is 0. The molecule has 72 valence electrons. The molecule has 12 heavy (non-hydrogen) atoms. The zero-order valence-corrected chi connectivity index (χ0v) is 7.04. The summed E-state index contributed by atoms with van der Waals surface area (Å²) in [6.07, 6.45) is -4.86. The number of rotatable bonds is 1. The van der Waals surface area contributed by atoms with Crippen molar-refractivity contribution in [2.75, 3.05) is 7.11 Å². The lowest BCUT2D eigenvalue weighted by Gasteiger charge is -2.38. The molecule has 5 heteroatoms. The fourth-order valence-corrected chi connectivity index (χ4v) is 1.21. The molecule has 0 aromatic carbocycles. The summed E-state index contributed by atoms with van der Waals surface area (Å²) in [5, 5.41) is 27.8. The van der Waals surface area contributed by atoms with Crippen LogP contribution >= 0.6 is 0 Å². The third kappa shape index (κ3) is 1.60. The Morgan fingerprint density at radius 2 is 1.67 bits per heavy atom. The minimum absolute atomic E-state index is 0.534. The van der Waals surface area contributed by atoms with Gasteiger partial charge in [0.15, 0.2) is 6.29 Å². The van der Waals surface area contributed by atoms with Crippen LogP contribution in [0, 0.1) is 0 Å². The molecule has 3 unspecified atom stereocenters. The van der Waals surface area contributed by atoms with E-state index in [9.17, 15) is 15.3 Å². The standard InChI is InChI=1S/C7H14O5/c1-3-4(8)5(9)6(10)7(11-2)12-3/h3-10H,1-2H3/t3?,4-,5+,6?,7?/m1/s1. The van der Waals surface area contributed by atoms with Crippen molar-refractivity contribution in [3.8, 4) is 0 Å². The first-order valence-electron chi connectivity index (χ1n) is 3.80. The normalized spacial score (nSPS) is 49.2. The van der Waals surface area contributed by atoms with Crippen LogP contribution < -0.4 is 0 Å². The van der Waals surface area contributed by atoms with E-state index in [1.54, 1.807) is 6.92 Å². The molecule has 1 aliphatic heterocycles. The monoisotopic (exact) mass is 178 g/mol. The Labute approximate surface area is 70.5 Å². The molecular formula is C7H14O5. The fraction of sp³-hybridized carbons (Fsp3) is 1.00. The topological polar surface area (TPSA) is 79.2 Å². The lowest BCUT2D eigenvalue weighted by molar-refractivity contribution is -0.286. The van der Waals surface area contributed by atoms with Crippen molar-refractivity contribution in [3.05, 3.63) is 0 Å². The molecule has 0 aromatic rings. The summed E-state index contributed by atoms with van der Waals surface area (Å²) in [6.45, 7) is 1.60. The van der Waals surface area contributed by atoms with Crippen molar-refractivity contribution in [1.29, 1.82) is 0 Å². The molecule has 1 fully saturated rings. The number of aliphatic hydroxyl groups excluding tert-OH is 3. The van der Waals surface area contributed by atoms with Gasteiger partial charge in [-0.3, -0.25) is 0 Å². The van der Waals surface area contributed by atoms with E-state index < -0.39 is 30.7 Å². The molecule has 1 saturated heterocycles. The number of methoxy groups -OCH3 is 1. The Morgan fingerprint density at radius 3 is 2.17 bits per heavy atom. The average molecular weight is 178 g/mol. The summed E-state index contributed by atoms with van der Waals surface area (Å²) < 4.78 is 9.80. The summed E-state index contributed by atoms with van der Waals surface area (Å²) in [5.74, 6) is 0. The van der Waals surface area contributed by atoms with Crippen LogP contribution in [0.25, 0.3) is 0 Å². The van der Waals surface area contributed by atoms with E-state index >= 15 is 0 Å².